The number of thioether (sulfide) groups is 1. The monoisotopic (exact) mass is 343 g/mol. The van der Waals surface area contributed by atoms with Crippen molar-refractivity contribution in [3.63, 3.8) is 0 Å². The number of nitrogens with one attached hydrogen (secondary N) is 1. The summed E-state index contributed by atoms with van der Waals surface area (Å²) in [6, 6.07) is 14.3. The van der Waals surface area contributed by atoms with Crippen LogP contribution in [0.2, 0.25) is 0 Å². The van der Waals surface area contributed by atoms with Crippen LogP contribution in [-0.2, 0) is 4.79 Å². The Morgan fingerprint density at radius 2 is 1.75 bits per heavy atom. The summed E-state index contributed by atoms with van der Waals surface area (Å²) in [5.41, 5.74) is 3.56. The average Bonchev–Trinajstić information content (AvgIpc) is 2.55. The zero-order valence-corrected chi connectivity index (χ0v) is 15.6. The zero-order valence-electron chi connectivity index (χ0n) is 14.8. The Morgan fingerprint density at radius 1 is 1.08 bits per heavy atom. The molecule has 1 N–H and O–H groups in total. The van der Waals surface area contributed by atoms with Crippen molar-refractivity contribution >= 4 is 17.7 Å². The molecule has 4 heteroatoms. The lowest BCUT2D eigenvalue weighted by atomic mass is 10.1. The first-order valence-electron chi connectivity index (χ1n) is 8.17. The largest absolute Gasteiger partial charge is 0.491 e. The van der Waals surface area contributed by atoms with Gasteiger partial charge >= 0.3 is 0 Å². The minimum absolute atomic E-state index is 0.0322. The smallest absolute Gasteiger partial charge is 0.233 e. The maximum Gasteiger partial charge on any atom is 0.233 e. The van der Waals surface area contributed by atoms with E-state index in [4.69, 9.17) is 4.74 Å². The van der Waals surface area contributed by atoms with Crippen LogP contribution in [0.5, 0.6) is 5.75 Å². The molecule has 0 saturated carbocycles. The van der Waals surface area contributed by atoms with Crippen LogP contribution < -0.4 is 10.1 Å². The average molecular weight is 343 g/mol. The van der Waals surface area contributed by atoms with Crippen LogP contribution >= 0.6 is 11.8 Å². The van der Waals surface area contributed by atoms with E-state index in [2.05, 4.69) is 37.4 Å². The molecule has 0 aliphatic rings. The van der Waals surface area contributed by atoms with Crippen molar-refractivity contribution in [1.29, 1.82) is 0 Å². The highest BCUT2D eigenvalue weighted by molar-refractivity contribution is 8.00. The highest BCUT2D eigenvalue weighted by atomic mass is 32.2. The van der Waals surface area contributed by atoms with E-state index in [0.29, 0.717) is 13.2 Å². The fourth-order valence-electron chi connectivity index (χ4n) is 2.31. The van der Waals surface area contributed by atoms with Crippen LogP contribution in [0.3, 0.4) is 0 Å². The number of ether oxygens (including phenoxy) is 1. The van der Waals surface area contributed by atoms with Crippen molar-refractivity contribution in [3.8, 4) is 5.75 Å². The molecule has 0 aromatic heterocycles. The summed E-state index contributed by atoms with van der Waals surface area (Å²) in [7, 11) is 0. The summed E-state index contributed by atoms with van der Waals surface area (Å²) in [5, 5.41) is 2.80. The number of aryl methyl sites for hydroxylation is 3. The van der Waals surface area contributed by atoms with E-state index in [-0.39, 0.29) is 11.2 Å². The van der Waals surface area contributed by atoms with E-state index in [9.17, 15) is 4.79 Å². The number of hydrogen-bond donors (Lipinski definition) is 1. The number of rotatable bonds is 7. The highest BCUT2D eigenvalue weighted by Gasteiger charge is 2.13. The van der Waals surface area contributed by atoms with Gasteiger partial charge in [-0.15, -0.1) is 11.8 Å². The second-order valence-electron chi connectivity index (χ2n) is 5.98. The van der Waals surface area contributed by atoms with Gasteiger partial charge in [-0.05, 0) is 51.5 Å². The molecule has 0 saturated heterocycles. The van der Waals surface area contributed by atoms with Crippen LogP contribution in [0, 0.1) is 20.8 Å². The summed E-state index contributed by atoms with van der Waals surface area (Å²) in [5.74, 6) is 0.904. The molecule has 24 heavy (non-hydrogen) atoms. The lowest BCUT2D eigenvalue weighted by Gasteiger charge is -2.13. The first kappa shape index (κ1) is 18.4. The molecule has 0 unspecified atom stereocenters. The first-order valence-corrected chi connectivity index (χ1v) is 9.05. The third-order valence-corrected chi connectivity index (χ3v) is 4.80. The van der Waals surface area contributed by atoms with E-state index >= 15 is 0 Å². The number of carbonyl (C=O) groups excluding carboxylic acids is 1. The molecule has 3 nitrogen and oxygen atoms in total. The maximum absolute atomic E-state index is 12.1. The van der Waals surface area contributed by atoms with E-state index in [1.807, 2.05) is 38.1 Å². The van der Waals surface area contributed by atoms with Gasteiger partial charge in [-0.25, -0.2) is 0 Å². The van der Waals surface area contributed by atoms with Crippen LogP contribution in [0.15, 0.2) is 47.4 Å². The number of carbonyl (C=O) groups is 1. The minimum Gasteiger partial charge on any atom is -0.491 e. The van der Waals surface area contributed by atoms with E-state index in [1.165, 1.54) is 11.1 Å². The normalized spacial score (nSPS) is 11.8. The Morgan fingerprint density at radius 3 is 2.42 bits per heavy atom. The van der Waals surface area contributed by atoms with Gasteiger partial charge in [0.1, 0.15) is 12.4 Å². The van der Waals surface area contributed by atoms with Crippen molar-refractivity contribution in [2.75, 3.05) is 13.2 Å². The fourth-order valence-corrected chi connectivity index (χ4v) is 3.21. The van der Waals surface area contributed by atoms with Gasteiger partial charge in [0.25, 0.3) is 0 Å². The van der Waals surface area contributed by atoms with Crippen molar-refractivity contribution in [3.05, 3.63) is 59.2 Å². The second kappa shape index (κ2) is 8.78. The topological polar surface area (TPSA) is 38.3 Å². The summed E-state index contributed by atoms with van der Waals surface area (Å²) >= 11 is 1.57. The van der Waals surface area contributed by atoms with Gasteiger partial charge in [-0.3, -0.25) is 4.79 Å². The van der Waals surface area contributed by atoms with Gasteiger partial charge in [-0.2, -0.15) is 0 Å². The maximum atomic E-state index is 12.1. The molecule has 2 rings (SSSR count). The van der Waals surface area contributed by atoms with Crippen molar-refractivity contribution in [2.24, 2.45) is 0 Å². The predicted molar refractivity (Wildman–Crippen MR) is 101 cm³/mol. The molecule has 128 valence electrons. The molecular formula is C20H25NO2S. The van der Waals surface area contributed by atoms with E-state index < -0.39 is 0 Å². The lowest BCUT2D eigenvalue weighted by Crippen LogP contribution is -2.34. The van der Waals surface area contributed by atoms with Crippen molar-refractivity contribution in [1.82, 2.24) is 5.32 Å². The Hall–Kier alpha value is -1.94. The Balaban J connectivity index is 1.73. The summed E-state index contributed by atoms with van der Waals surface area (Å²) in [6.07, 6.45) is 0. The molecule has 2 aromatic carbocycles. The standard InChI is InChI=1S/C20H25NO2S/c1-14-5-8-18(9-6-14)24-17(4)20(22)21-11-12-23-19-10-7-15(2)13-16(19)3/h5-10,13,17H,11-12H2,1-4H3,(H,21,22)/t17-/m1/s1. The molecule has 0 fully saturated rings. The van der Waals surface area contributed by atoms with Crippen LogP contribution in [0.25, 0.3) is 0 Å². The van der Waals surface area contributed by atoms with Gasteiger partial charge < -0.3 is 10.1 Å². The van der Waals surface area contributed by atoms with Crippen molar-refractivity contribution in [2.45, 2.75) is 37.8 Å². The van der Waals surface area contributed by atoms with Crippen LogP contribution in [0.4, 0.5) is 0 Å². The summed E-state index contributed by atoms with van der Waals surface area (Å²) in [4.78, 5) is 13.3. The molecule has 0 spiro atoms. The van der Waals surface area contributed by atoms with Crippen molar-refractivity contribution < 1.29 is 9.53 Å². The molecule has 1 amide bonds. The summed E-state index contributed by atoms with van der Waals surface area (Å²) < 4.78 is 5.73. The molecule has 0 radical (unpaired) electrons. The SMILES string of the molecule is Cc1ccc(S[C@H](C)C(=O)NCCOc2ccc(C)cc2C)cc1. The van der Waals surface area contributed by atoms with Crippen LogP contribution in [-0.4, -0.2) is 24.3 Å². The molecule has 1 atom stereocenters. The fraction of sp³-hybridized carbons (Fsp3) is 0.350. The van der Waals surface area contributed by atoms with Gasteiger partial charge in [0.15, 0.2) is 0 Å². The third kappa shape index (κ3) is 5.60. The Kier molecular flexibility index (Phi) is 6.73. The van der Waals surface area contributed by atoms with E-state index in [0.717, 1.165) is 16.2 Å². The predicted octanol–water partition coefficient (Wildman–Crippen LogP) is 4.29. The van der Waals surface area contributed by atoms with Gasteiger partial charge in [0.2, 0.25) is 5.91 Å². The molecule has 0 aliphatic heterocycles. The van der Waals surface area contributed by atoms with E-state index in [1.54, 1.807) is 11.8 Å². The van der Waals surface area contributed by atoms with Gasteiger partial charge in [0.05, 0.1) is 11.8 Å². The van der Waals surface area contributed by atoms with Crippen LogP contribution in [0.1, 0.15) is 23.6 Å². The molecule has 0 bridgehead atoms. The molecular weight excluding hydrogens is 318 g/mol. The first-order chi connectivity index (χ1) is 11.5. The molecule has 0 aliphatic carbocycles. The third-order valence-electron chi connectivity index (χ3n) is 3.69. The highest BCUT2D eigenvalue weighted by Crippen LogP contribution is 2.23. The zero-order chi connectivity index (χ0) is 17.5. The minimum atomic E-state index is -0.131. The number of amides is 1. The van der Waals surface area contributed by atoms with Gasteiger partial charge in [0, 0.05) is 4.90 Å². The second-order valence-corrected chi connectivity index (χ2v) is 7.40. The molecule has 0 heterocycles. The summed E-state index contributed by atoms with van der Waals surface area (Å²) in [6.45, 7) is 9.04. The lowest BCUT2D eigenvalue weighted by molar-refractivity contribution is -0.120. The number of benzene rings is 2. The quantitative estimate of drug-likeness (QED) is 0.602. The Bertz CT molecular complexity index is 683. The Labute approximate surface area is 148 Å². The molecule has 2 aromatic rings. The number of hydrogen-bond acceptors (Lipinski definition) is 3. The van der Waals surface area contributed by atoms with Gasteiger partial charge in [-0.1, -0.05) is 35.4 Å².